The maximum absolute atomic E-state index is 10.8. The Bertz CT molecular complexity index is 652. The summed E-state index contributed by atoms with van der Waals surface area (Å²) in [5, 5.41) is 22.0. The second-order valence-electron chi connectivity index (χ2n) is 4.11. The van der Waals surface area contributed by atoms with Gasteiger partial charge in [0.25, 0.3) is 5.69 Å². The molecule has 0 amide bonds. The summed E-state index contributed by atoms with van der Waals surface area (Å²) in [6.45, 7) is -0.102. The first kappa shape index (κ1) is 14.5. The van der Waals surface area contributed by atoms with Crippen LogP contribution in [0.5, 0.6) is 0 Å². The number of nitrogens with one attached hydrogen (secondary N) is 1. The highest BCUT2D eigenvalue weighted by molar-refractivity contribution is 5.77. The van der Waals surface area contributed by atoms with Gasteiger partial charge in [-0.2, -0.15) is 4.98 Å². The molecule has 21 heavy (non-hydrogen) atoms. The van der Waals surface area contributed by atoms with E-state index in [-0.39, 0.29) is 23.9 Å². The molecule has 0 radical (unpaired) electrons. The second-order valence-corrected chi connectivity index (χ2v) is 4.11. The van der Waals surface area contributed by atoms with Gasteiger partial charge in [-0.05, 0) is 12.1 Å². The van der Waals surface area contributed by atoms with Crippen molar-refractivity contribution in [1.29, 1.82) is 0 Å². The van der Waals surface area contributed by atoms with Crippen LogP contribution in [0, 0.1) is 10.1 Å². The first-order chi connectivity index (χ1) is 10.0. The van der Waals surface area contributed by atoms with Gasteiger partial charge in [-0.3, -0.25) is 10.1 Å². The summed E-state index contributed by atoms with van der Waals surface area (Å²) in [4.78, 5) is 25.0. The van der Waals surface area contributed by atoms with Crippen LogP contribution in [0.15, 0.2) is 34.9 Å². The Morgan fingerprint density at radius 1 is 1.48 bits per heavy atom. The summed E-state index contributed by atoms with van der Waals surface area (Å²) in [5.41, 5.74) is 5.81. The zero-order valence-electron chi connectivity index (χ0n) is 10.7. The largest absolute Gasteiger partial charge is 0.480 e. The number of carboxylic acids is 1. The van der Waals surface area contributed by atoms with Crippen molar-refractivity contribution in [3.63, 3.8) is 0 Å². The lowest BCUT2D eigenvalue weighted by molar-refractivity contribution is -0.384. The third-order valence-corrected chi connectivity index (χ3v) is 2.69. The molecule has 0 aliphatic heterocycles. The van der Waals surface area contributed by atoms with Crippen LogP contribution in [0.4, 0.5) is 11.5 Å². The SMILES string of the molecule is NCC(Nc1coc(-c2ccc([N+](=O)[O-])cc2)n1)C(=O)O. The summed E-state index contributed by atoms with van der Waals surface area (Å²) in [6.07, 6.45) is 1.25. The van der Waals surface area contributed by atoms with E-state index in [1.165, 1.54) is 30.5 Å². The Balaban J connectivity index is 2.15. The van der Waals surface area contributed by atoms with Gasteiger partial charge in [-0.25, -0.2) is 4.79 Å². The van der Waals surface area contributed by atoms with E-state index in [0.29, 0.717) is 5.56 Å². The van der Waals surface area contributed by atoms with Crippen molar-refractivity contribution in [2.75, 3.05) is 11.9 Å². The lowest BCUT2D eigenvalue weighted by atomic mass is 10.2. The van der Waals surface area contributed by atoms with Crippen LogP contribution < -0.4 is 11.1 Å². The lowest BCUT2D eigenvalue weighted by Gasteiger charge is -2.09. The molecule has 2 rings (SSSR count). The Kier molecular flexibility index (Phi) is 4.14. The van der Waals surface area contributed by atoms with E-state index >= 15 is 0 Å². The molecule has 1 unspecified atom stereocenters. The molecule has 0 saturated carbocycles. The lowest BCUT2D eigenvalue weighted by Crippen LogP contribution is -2.36. The van der Waals surface area contributed by atoms with Crippen LogP contribution in [0.25, 0.3) is 11.5 Å². The van der Waals surface area contributed by atoms with Crippen LogP contribution in [-0.2, 0) is 4.79 Å². The van der Waals surface area contributed by atoms with Gasteiger partial charge in [-0.15, -0.1) is 0 Å². The van der Waals surface area contributed by atoms with Crippen molar-refractivity contribution in [1.82, 2.24) is 4.98 Å². The average Bonchev–Trinajstić information content (AvgIpc) is 2.93. The van der Waals surface area contributed by atoms with Crippen molar-refractivity contribution in [2.45, 2.75) is 6.04 Å². The summed E-state index contributed by atoms with van der Waals surface area (Å²) >= 11 is 0. The molecule has 9 heteroatoms. The molecule has 2 aromatic rings. The van der Waals surface area contributed by atoms with Crippen LogP contribution in [0.3, 0.4) is 0 Å². The van der Waals surface area contributed by atoms with Crippen LogP contribution in [0.2, 0.25) is 0 Å². The molecule has 0 aliphatic rings. The van der Waals surface area contributed by atoms with E-state index < -0.39 is 16.9 Å². The minimum Gasteiger partial charge on any atom is -0.480 e. The van der Waals surface area contributed by atoms with Crippen LogP contribution in [0.1, 0.15) is 0 Å². The summed E-state index contributed by atoms with van der Waals surface area (Å²) in [5.74, 6) is -0.660. The number of nitrogens with zero attached hydrogens (tertiary/aromatic N) is 2. The number of anilines is 1. The number of rotatable bonds is 6. The number of oxazole rings is 1. The van der Waals surface area contributed by atoms with Gasteiger partial charge < -0.3 is 20.6 Å². The highest BCUT2D eigenvalue weighted by Crippen LogP contribution is 2.23. The maximum atomic E-state index is 10.8. The van der Waals surface area contributed by atoms with Crippen LogP contribution >= 0.6 is 0 Å². The van der Waals surface area contributed by atoms with Gasteiger partial charge in [0.05, 0.1) is 4.92 Å². The number of aliphatic carboxylic acids is 1. The standard InChI is InChI=1S/C12H12N4O5/c13-5-9(12(17)18)14-10-6-21-11(15-10)7-1-3-8(4-2-7)16(19)20/h1-4,6,9,14H,5,13H2,(H,17,18). The average molecular weight is 292 g/mol. The predicted octanol–water partition coefficient (Wildman–Crippen LogP) is 1.07. The van der Waals surface area contributed by atoms with Crippen molar-refractivity contribution >= 4 is 17.5 Å². The molecular weight excluding hydrogens is 280 g/mol. The zero-order chi connectivity index (χ0) is 15.4. The molecule has 9 nitrogen and oxygen atoms in total. The van der Waals surface area contributed by atoms with Gasteiger partial charge in [0.1, 0.15) is 12.3 Å². The highest BCUT2D eigenvalue weighted by atomic mass is 16.6. The fraction of sp³-hybridized carbons (Fsp3) is 0.167. The molecule has 0 aliphatic carbocycles. The van der Waals surface area contributed by atoms with Gasteiger partial charge in [0, 0.05) is 24.2 Å². The second kappa shape index (κ2) is 6.01. The summed E-state index contributed by atoms with van der Waals surface area (Å²) < 4.78 is 5.20. The minimum absolute atomic E-state index is 0.0438. The number of aromatic nitrogens is 1. The minimum atomic E-state index is -1.10. The third kappa shape index (κ3) is 3.34. The first-order valence-electron chi connectivity index (χ1n) is 5.91. The number of nitro groups is 1. The van der Waals surface area contributed by atoms with E-state index in [1.54, 1.807) is 0 Å². The monoisotopic (exact) mass is 292 g/mol. The molecule has 110 valence electrons. The van der Waals surface area contributed by atoms with E-state index in [2.05, 4.69) is 10.3 Å². The molecule has 0 fully saturated rings. The molecule has 1 aromatic heterocycles. The fourth-order valence-corrected chi connectivity index (χ4v) is 1.60. The van der Waals surface area contributed by atoms with Crippen molar-refractivity contribution in [2.24, 2.45) is 5.73 Å². The normalized spacial score (nSPS) is 11.9. The number of carboxylic acid groups (broad SMARTS) is 1. The topological polar surface area (TPSA) is 145 Å². The van der Waals surface area contributed by atoms with Crippen molar-refractivity contribution in [3.8, 4) is 11.5 Å². The van der Waals surface area contributed by atoms with Gasteiger partial charge in [-0.1, -0.05) is 0 Å². The quantitative estimate of drug-likeness (QED) is 0.529. The Morgan fingerprint density at radius 2 is 2.14 bits per heavy atom. The van der Waals surface area contributed by atoms with E-state index in [9.17, 15) is 14.9 Å². The van der Waals surface area contributed by atoms with Crippen molar-refractivity contribution < 1.29 is 19.2 Å². The van der Waals surface area contributed by atoms with Crippen LogP contribution in [-0.4, -0.2) is 33.6 Å². The first-order valence-corrected chi connectivity index (χ1v) is 5.91. The van der Waals surface area contributed by atoms with E-state index in [0.717, 1.165) is 0 Å². The number of hydrogen-bond donors (Lipinski definition) is 3. The molecule has 1 aromatic carbocycles. The van der Waals surface area contributed by atoms with Gasteiger partial charge in [0.15, 0.2) is 5.82 Å². The predicted molar refractivity (Wildman–Crippen MR) is 72.7 cm³/mol. The van der Waals surface area contributed by atoms with E-state index in [1.807, 2.05) is 0 Å². The van der Waals surface area contributed by atoms with Gasteiger partial charge in [0.2, 0.25) is 5.89 Å². The smallest absolute Gasteiger partial charge is 0.327 e. The molecule has 1 atom stereocenters. The Labute approximate surface area is 118 Å². The molecule has 4 N–H and O–H groups in total. The number of non-ortho nitro benzene ring substituents is 1. The number of nitrogens with two attached hydrogens (primary N) is 1. The summed E-state index contributed by atoms with van der Waals surface area (Å²) in [6, 6.07) is 4.66. The number of benzene rings is 1. The molecule has 0 saturated heterocycles. The van der Waals surface area contributed by atoms with E-state index in [4.69, 9.17) is 15.3 Å². The van der Waals surface area contributed by atoms with Gasteiger partial charge >= 0.3 is 5.97 Å². The Hall–Kier alpha value is -2.94. The highest BCUT2D eigenvalue weighted by Gasteiger charge is 2.17. The fourth-order valence-electron chi connectivity index (χ4n) is 1.60. The molecule has 1 heterocycles. The molecule has 0 bridgehead atoms. The number of hydrogen-bond acceptors (Lipinski definition) is 7. The van der Waals surface area contributed by atoms with Crippen molar-refractivity contribution in [3.05, 3.63) is 40.6 Å². The zero-order valence-corrected chi connectivity index (χ0v) is 10.7. The third-order valence-electron chi connectivity index (χ3n) is 2.69. The number of nitro benzene ring substituents is 1. The maximum Gasteiger partial charge on any atom is 0.327 e. The summed E-state index contributed by atoms with van der Waals surface area (Å²) in [7, 11) is 0. The number of carbonyl (C=O) groups is 1. The Morgan fingerprint density at radius 3 is 2.67 bits per heavy atom. The molecular formula is C12H12N4O5. The molecule has 0 spiro atoms.